The van der Waals surface area contributed by atoms with E-state index in [0.29, 0.717) is 11.4 Å². The van der Waals surface area contributed by atoms with E-state index in [4.69, 9.17) is 16.7 Å². The number of carboxylic acid groups (broad SMARTS) is 1. The highest BCUT2D eigenvalue weighted by atomic mass is 35.5. The van der Waals surface area contributed by atoms with E-state index in [0.717, 1.165) is 10.9 Å². The summed E-state index contributed by atoms with van der Waals surface area (Å²) in [5, 5.41) is 10.7. The molecule has 2 aromatic rings. The third-order valence-electron chi connectivity index (χ3n) is 2.72. The van der Waals surface area contributed by atoms with Gasteiger partial charge in [0, 0.05) is 16.6 Å². The van der Waals surface area contributed by atoms with E-state index in [-0.39, 0.29) is 0 Å². The molecule has 0 aliphatic heterocycles. The molecule has 1 heterocycles. The third-order valence-corrected chi connectivity index (χ3v) is 3.05. The number of fused-ring (bicyclic) bond motifs is 1. The predicted molar refractivity (Wildman–Crippen MR) is 63.9 cm³/mol. The van der Waals surface area contributed by atoms with Crippen LogP contribution < -0.4 is 0 Å². The molecule has 1 N–H and O–H groups in total. The quantitative estimate of drug-likeness (QED) is 0.890. The molecule has 0 amide bonds. The van der Waals surface area contributed by atoms with Crippen molar-refractivity contribution in [1.82, 2.24) is 4.57 Å². The average molecular weight is 238 g/mol. The van der Waals surface area contributed by atoms with E-state index in [1.165, 1.54) is 0 Å². The maximum Gasteiger partial charge on any atom is 0.326 e. The first-order valence-corrected chi connectivity index (χ1v) is 5.50. The van der Waals surface area contributed by atoms with Crippen molar-refractivity contribution in [2.24, 2.45) is 0 Å². The number of aromatic nitrogens is 1. The minimum atomic E-state index is -0.819. The minimum absolute atomic E-state index is 0.532. The van der Waals surface area contributed by atoms with Gasteiger partial charge in [0.15, 0.2) is 0 Å². The van der Waals surface area contributed by atoms with Gasteiger partial charge in [-0.25, -0.2) is 4.79 Å². The van der Waals surface area contributed by atoms with Gasteiger partial charge in [0.2, 0.25) is 0 Å². The zero-order chi connectivity index (χ0) is 11.7. The van der Waals surface area contributed by atoms with Crippen LogP contribution in [0.4, 0.5) is 0 Å². The molecule has 4 heteroatoms. The molecule has 1 unspecified atom stereocenters. The fourth-order valence-corrected chi connectivity index (χ4v) is 2.15. The van der Waals surface area contributed by atoms with Crippen molar-refractivity contribution in [3.63, 3.8) is 0 Å². The van der Waals surface area contributed by atoms with E-state index >= 15 is 0 Å². The zero-order valence-corrected chi connectivity index (χ0v) is 9.61. The Bertz CT molecular complexity index is 533. The third kappa shape index (κ3) is 1.67. The van der Waals surface area contributed by atoms with Crippen LogP contribution in [-0.4, -0.2) is 15.6 Å². The van der Waals surface area contributed by atoms with Gasteiger partial charge in [-0.2, -0.15) is 0 Å². The van der Waals surface area contributed by atoms with Crippen molar-refractivity contribution in [2.75, 3.05) is 0 Å². The fraction of sp³-hybridized carbons (Fsp3) is 0.250. The molecule has 0 radical (unpaired) electrons. The molecule has 16 heavy (non-hydrogen) atoms. The molecule has 0 aliphatic rings. The lowest BCUT2D eigenvalue weighted by molar-refractivity contribution is -0.140. The van der Waals surface area contributed by atoms with Crippen molar-refractivity contribution in [3.8, 4) is 0 Å². The van der Waals surface area contributed by atoms with Gasteiger partial charge in [-0.05, 0) is 24.6 Å². The summed E-state index contributed by atoms with van der Waals surface area (Å²) in [5.41, 5.74) is 0.863. The Hall–Kier alpha value is -1.48. The van der Waals surface area contributed by atoms with Crippen LogP contribution in [0.2, 0.25) is 5.02 Å². The first kappa shape index (κ1) is 11.0. The topological polar surface area (TPSA) is 42.2 Å². The van der Waals surface area contributed by atoms with Crippen molar-refractivity contribution >= 4 is 28.5 Å². The largest absolute Gasteiger partial charge is 0.480 e. The molecular weight excluding hydrogens is 226 g/mol. The van der Waals surface area contributed by atoms with Crippen LogP contribution in [0.25, 0.3) is 10.9 Å². The lowest BCUT2D eigenvalue weighted by Crippen LogP contribution is -2.17. The van der Waals surface area contributed by atoms with Gasteiger partial charge in [-0.1, -0.05) is 24.6 Å². The van der Waals surface area contributed by atoms with Gasteiger partial charge < -0.3 is 9.67 Å². The number of aliphatic carboxylic acids is 1. The molecule has 2 rings (SSSR count). The second kappa shape index (κ2) is 4.18. The number of carboxylic acids is 1. The zero-order valence-electron chi connectivity index (χ0n) is 8.85. The summed E-state index contributed by atoms with van der Waals surface area (Å²) in [4.78, 5) is 11.1. The molecular formula is C12H12ClNO2. The van der Waals surface area contributed by atoms with Gasteiger partial charge in [-0.15, -0.1) is 0 Å². The van der Waals surface area contributed by atoms with Crippen LogP contribution in [0, 0.1) is 0 Å². The lowest BCUT2D eigenvalue weighted by atomic mass is 10.2. The smallest absolute Gasteiger partial charge is 0.326 e. The molecule has 0 saturated heterocycles. The van der Waals surface area contributed by atoms with Crippen LogP contribution in [0.1, 0.15) is 19.4 Å². The molecule has 1 aromatic heterocycles. The Morgan fingerprint density at radius 3 is 2.88 bits per heavy atom. The Labute approximate surface area is 98.3 Å². The first-order valence-electron chi connectivity index (χ1n) is 5.13. The summed E-state index contributed by atoms with van der Waals surface area (Å²) >= 11 is 6.04. The highest BCUT2D eigenvalue weighted by Crippen LogP contribution is 2.27. The van der Waals surface area contributed by atoms with Crippen molar-refractivity contribution in [2.45, 2.75) is 19.4 Å². The Kier molecular flexibility index (Phi) is 2.88. The van der Waals surface area contributed by atoms with Crippen molar-refractivity contribution in [3.05, 3.63) is 35.5 Å². The summed E-state index contributed by atoms with van der Waals surface area (Å²) in [5.74, 6) is -0.819. The SMILES string of the molecule is CCC(C(=O)O)n1ccc2c(Cl)cccc21. The summed E-state index contributed by atoms with van der Waals surface area (Å²) < 4.78 is 1.75. The van der Waals surface area contributed by atoms with Crippen LogP contribution in [0.5, 0.6) is 0 Å². The molecule has 0 fully saturated rings. The second-order valence-electron chi connectivity index (χ2n) is 3.66. The summed E-state index contributed by atoms with van der Waals surface area (Å²) in [7, 11) is 0. The lowest BCUT2D eigenvalue weighted by Gasteiger charge is -2.13. The second-order valence-corrected chi connectivity index (χ2v) is 4.07. The minimum Gasteiger partial charge on any atom is -0.480 e. The number of nitrogens with zero attached hydrogens (tertiary/aromatic N) is 1. The molecule has 84 valence electrons. The molecule has 0 bridgehead atoms. The molecule has 0 aliphatic carbocycles. The van der Waals surface area contributed by atoms with E-state index < -0.39 is 12.0 Å². The van der Waals surface area contributed by atoms with E-state index in [1.807, 2.05) is 25.1 Å². The Balaban J connectivity index is 2.61. The van der Waals surface area contributed by atoms with Gasteiger partial charge >= 0.3 is 5.97 Å². The number of hydrogen-bond donors (Lipinski definition) is 1. The summed E-state index contributed by atoms with van der Waals surface area (Å²) in [6.07, 6.45) is 2.32. The normalized spacial score (nSPS) is 12.9. The van der Waals surface area contributed by atoms with Crippen molar-refractivity contribution < 1.29 is 9.90 Å². The van der Waals surface area contributed by atoms with E-state index in [2.05, 4.69) is 0 Å². The maximum atomic E-state index is 11.1. The summed E-state index contributed by atoms with van der Waals surface area (Å²) in [6, 6.07) is 6.83. The average Bonchev–Trinajstić information content (AvgIpc) is 2.64. The number of halogens is 1. The molecule has 0 spiro atoms. The number of hydrogen-bond acceptors (Lipinski definition) is 1. The molecule has 3 nitrogen and oxygen atoms in total. The Morgan fingerprint density at radius 1 is 1.50 bits per heavy atom. The Morgan fingerprint density at radius 2 is 2.25 bits per heavy atom. The first-order chi connectivity index (χ1) is 7.65. The van der Waals surface area contributed by atoms with Gasteiger partial charge in [0.1, 0.15) is 6.04 Å². The standard InChI is InChI=1S/C12H12ClNO2/c1-2-10(12(15)16)14-7-6-8-9(13)4-3-5-11(8)14/h3-7,10H,2H2,1H3,(H,15,16). The predicted octanol–water partition coefficient (Wildman–Crippen LogP) is 3.33. The van der Waals surface area contributed by atoms with Crippen LogP contribution in [-0.2, 0) is 4.79 Å². The fourth-order valence-electron chi connectivity index (χ4n) is 1.91. The highest BCUT2D eigenvalue weighted by Gasteiger charge is 2.18. The summed E-state index contributed by atoms with van der Waals surface area (Å²) in [6.45, 7) is 1.86. The van der Waals surface area contributed by atoms with Gasteiger partial charge in [0.05, 0.1) is 5.52 Å². The number of benzene rings is 1. The molecule has 0 saturated carbocycles. The van der Waals surface area contributed by atoms with Crippen LogP contribution in [0.3, 0.4) is 0 Å². The molecule has 1 aromatic carbocycles. The van der Waals surface area contributed by atoms with E-state index in [9.17, 15) is 4.79 Å². The number of rotatable bonds is 3. The number of carbonyl (C=O) groups is 1. The van der Waals surface area contributed by atoms with E-state index in [1.54, 1.807) is 16.8 Å². The monoisotopic (exact) mass is 237 g/mol. The van der Waals surface area contributed by atoms with Crippen LogP contribution in [0.15, 0.2) is 30.5 Å². The van der Waals surface area contributed by atoms with Crippen LogP contribution >= 0.6 is 11.6 Å². The van der Waals surface area contributed by atoms with Crippen molar-refractivity contribution in [1.29, 1.82) is 0 Å². The van der Waals surface area contributed by atoms with Gasteiger partial charge in [0.25, 0.3) is 0 Å². The maximum absolute atomic E-state index is 11.1. The van der Waals surface area contributed by atoms with Gasteiger partial charge in [-0.3, -0.25) is 0 Å². The highest BCUT2D eigenvalue weighted by molar-refractivity contribution is 6.35. The molecule has 1 atom stereocenters.